The van der Waals surface area contributed by atoms with Crippen LogP contribution in [0.25, 0.3) is 50.1 Å². The summed E-state index contributed by atoms with van der Waals surface area (Å²) in [6.07, 6.45) is 29.9. The molecular weight excluding hydrogens is 621 g/mol. The van der Waals surface area contributed by atoms with Crippen LogP contribution < -0.4 is 4.90 Å². The molecule has 0 spiro atoms. The van der Waals surface area contributed by atoms with Gasteiger partial charge in [0.05, 0.1) is 17.1 Å². The second-order valence-corrected chi connectivity index (χ2v) is 14.6. The van der Waals surface area contributed by atoms with Gasteiger partial charge in [-0.05, 0) is 108 Å². The van der Waals surface area contributed by atoms with Crippen molar-refractivity contribution in [2.24, 2.45) is 0 Å². The predicted molar refractivity (Wildman–Crippen MR) is 213 cm³/mol. The predicted octanol–water partition coefficient (Wildman–Crippen LogP) is 12.6. The molecule has 51 heavy (non-hydrogen) atoms. The Hall–Kier alpha value is -5.80. The Labute approximate surface area is 298 Å². The molecule has 0 radical (unpaired) electrons. The van der Waals surface area contributed by atoms with E-state index < -0.39 is 0 Å². The van der Waals surface area contributed by atoms with Crippen LogP contribution >= 0.6 is 0 Å². The van der Waals surface area contributed by atoms with E-state index in [1.807, 2.05) is 0 Å². The number of allylic oxidation sites excluding steroid dienone is 11. The van der Waals surface area contributed by atoms with Crippen LogP contribution in [0, 0.1) is 0 Å². The van der Waals surface area contributed by atoms with E-state index in [0.29, 0.717) is 0 Å². The van der Waals surface area contributed by atoms with Crippen molar-refractivity contribution in [1.29, 1.82) is 0 Å². The number of aromatic nitrogens is 1. The Kier molecular flexibility index (Phi) is 6.46. The second kappa shape index (κ2) is 11.4. The van der Waals surface area contributed by atoms with Crippen LogP contribution in [0.5, 0.6) is 0 Å². The molecule has 1 aliphatic heterocycles. The maximum atomic E-state index is 6.26. The van der Waals surface area contributed by atoms with Crippen molar-refractivity contribution >= 4 is 61.5 Å². The summed E-state index contributed by atoms with van der Waals surface area (Å²) in [6, 6.07) is 31.9. The second-order valence-electron chi connectivity index (χ2n) is 14.6. The number of hydrogen-bond acceptors (Lipinski definition) is 2. The van der Waals surface area contributed by atoms with Crippen molar-refractivity contribution < 1.29 is 4.42 Å². The fraction of sp³-hybridized carbons (Fsp3) is 0.167. The molecule has 0 amide bonds. The SMILES string of the molecule is C1=CC(C2=CC=C(n3c4ccccc4c4cc(C5=CC6c7ccccc7N(c7ccc8oc9c(c8c7)C=CCC9)C6C=C5)ccc43)CC2)=CCC1. The summed E-state index contributed by atoms with van der Waals surface area (Å²) in [5.74, 6) is 1.37. The summed E-state index contributed by atoms with van der Waals surface area (Å²) in [5, 5.41) is 3.83. The first-order valence-electron chi connectivity index (χ1n) is 18.6. The smallest absolute Gasteiger partial charge is 0.135 e. The number of benzene rings is 4. The number of anilines is 2. The third kappa shape index (κ3) is 4.50. The zero-order valence-corrected chi connectivity index (χ0v) is 28.6. The van der Waals surface area contributed by atoms with Crippen LogP contribution in [0.15, 0.2) is 155 Å². The van der Waals surface area contributed by atoms with E-state index in [9.17, 15) is 0 Å². The number of furan rings is 1. The van der Waals surface area contributed by atoms with Gasteiger partial charge < -0.3 is 13.9 Å². The maximum Gasteiger partial charge on any atom is 0.135 e. The highest BCUT2D eigenvalue weighted by atomic mass is 16.3. The minimum absolute atomic E-state index is 0.212. The molecule has 2 atom stereocenters. The number of nitrogens with zero attached hydrogens (tertiary/aromatic N) is 2. The Balaban J connectivity index is 0.973. The Morgan fingerprint density at radius 3 is 2.49 bits per heavy atom. The lowest BCUT2D eigenvalue weighted by atomic mass is 9.86. The molecule has 0 bridgehead atoms. The molecule has 3 heterocycles. The van der Waals surface area contributed by atoms with Crippen molar-refractivity contribution in [2.75, 3.05) is 4.90 Å². The lowest BCUT2D eigenvalue weighted by Gasteiger charge is -2.30. The number of fused-ring (bicyclic) bond motifs is 9. The standard InChI is InChI=1S/C48H38N2O/c1-2-10-31(11-3-1)32-18-22-35(23-19-32)49-43-15-7-4-12-37(43)40-28-33(20-25-45(40)49)34-21-26-46-41(29-34)38-13-5-8-16-44(38)50(46)36-24-27-48-42(30-36)39-14-6-9-17-47(39)51-48/h2,4-8,10-16,18,20-22,24-30,41,46H,1,3,9,17,19,23H2. The summed E-state index contributed by atoms with van der Waals surface area (Å²) < 4.78 is 8.77. The summed E-state index contributed by atoms with van der Waals surface area (Å²) >= 11 is 0. The molecular formula is C48H38N2O. The lowest BCUT2D eigenvalue weighted by molar-refractivity contribution is 0.546. The van der Waals surface area contributed by atoms with Crippen LogP contribution in [0.4, 0.5) is 11.4 Å². The van der Waals surface area contributed by atoms with Crippen molar-refractivity contribution in [2.45, 2.75) is 50.5 Å². The molecule has 6 aromatic rings. The molecule has 0 fully saturated rings. The van der Waals surface area contributed by atoms with Gasteiger partial charge in [-0.15, -0.1) is 0 Å². The molecule has 3 nitrogen and oxygen atoms in total. The summed E-state index contributed by atoms with van der Waals surface area (Å²) in [7, 11) is 0. The number of hydrogen-bond donors (Lipinski definition) is 0. The number of aryl methyl sites for hydroxylation is 1. The zero-order valence-electron chi connectivity index (χ0n) is 28.6. The summed E-state index contributed by atoms with van der Waals surface area (Å²) in [4.78, 5) is 2.53. The molecule has 0 saturated heterocycles. The van der Waals surface area contributed by atoms with Crippen LogP contribution in [-0.2, 0) is 6.42 Å². The normalized spacial score (nSPS) is 20.7. The number of rotatable bonds is 4. The maximum absolute atomic E-state index is 6.26. The van der Waals surface area contributed by atoms with E-state index in [1.54, 1.807) is 0 Å². The van der Waals surface area contributed by atoms with E-state index in [2.05, 4.69) is 155 Å². The average molecular weight is 659 g/mol. The first-order valence-corrected chi connectivity index (χ1v) is 18.6. The number of para-hydroxylation sites is 2. The summed E-state index contributed by atoms with van der Waals surface area (Å²) in [5.41, 5.74) is 15.5. The van der Waals surface area contributed by atoms with Gasteiger partial charge >= 0.3 is 0 Å². The largest absolute Gasteiger partial charge is 0.460 e. The molecule has 2 aromatic heterocycles. The fourth-order valence-electron chi connectivity index (χ4n) is 9.30. The van der Waals surface area contributed by atoms with Crippen LogP contribution in [0.3, 0.4) is 0 Å². The van der Waals surface area contributed by atoms with E-state index in [0.717, 1.165) is 49.9 Å². The quantitative estimate of drug-likeness (QED) is 0.188. The van der Waals surface area contributed by atoms with Gasteiger partial charge in [-0.3, -0.25) is 0 Å². The van der Waals surface area contributed by atoms with E-state index in [4.69, 9.17) is 4.42 Å². The van der Waals surface area contributed by atoms with E-state index in [1.165, 1.54) is 77.7 Å². The Morgan fingerprint density at radius 2 is 1.57 bits per heavy atom. The minimum atomic E-state index is 0.212. The van der Waals surface area contributed by atoms with Gasteiger partial charge in [-0.25, -0.2) is 0 Å². The van der Waals surface area contributed by atoms with Crippen LogP contribution in [-0.4, -0.2) is 10.6 Å². The van der Waals surface area contributed by atoms with Gasteiger partial charge in [-0.1, -0.05) is 97.1 Å². The first kappa shape index (κ1) is 29.0. The molecule has 246 valence electrons. The summed E-state index contributed by atoms with van der Waals surface area (Å²) in [6.45, 7) is 0. The van der Waals surface area contributed by atoms with Crippen molar-refractivity contribution in [3.05, 3.63) is 173 Å². The highest BCUT2D eigenvalue weighted by Crippen LogP contribution is 2.50. The highest BCUT2D eigenvalue weighted by molar-refractivity contribution is 6.11. The van der Waals surface area contributed by atoms with E-state index >= 15 is 0 Å². The Morgan fingerprint density at radius 1 is 0.667 bits per heavy atom. The molecule has 0 saturated carbocycles. The highest BCUT2D eigenvalue weighted by Gasteiger charge is 2.38. The van der Waals surface area contributed by atoms with Gasteiger partial charge in [0.15, 0.2) is 0 Å². The first-order chi connectivity index (χ1) is 25.3. The lowest BCUT2D eigenvalue weighted by Crippen LogP contribution is -2.28. The van der Waals surface area contributed by atoms with E-state index in [-0.39, 0.29) is 12.0 Å². The average Bonchev–Trinajstić information content (AvgIpc) is 3.85. The van der Waals surface area contributed by atoms with Crippen molar-refractivity contribution in [1.82, 2.24) is 4.57 Å². The molecule has 0 N–H and O–H groups in total. The van der Waals surface area contributed by atoms with Crippen LogP contribution in [0.2, 0.25) is 0 Å². The van der Waals surface area contributed by atoms with Gasteiger partial charge in [0.1, 0.15) is 11.3 Å². The molecule has 3 heteroatoms. The molecule has 2 unspecified atom stereocenters. The van der Waals surface area contributed by atoms with Crippen LogP contribution in [0.1, 0.15) is 60.5 Å². The minimum Gasteiger partial charge on any atom is -0.460 e. The monoisotopic (exact) mass is 658 g/mol. The third-order valence-electron chi connectivity index (χ3n) is 11.7. The third-order valence-corrected chi connectivity index (χ3v) is 11.7. The van der Waals surface area contributed by atoms with Crippen molar-refractivity contribution in [3.8, 4) is 0 Å². The fourth-order valence-corrected chi connectivity index (χ4v) is 9.30. The topological polar surface area (TPSA) is 21.3 Å². The van der Waals surface area contributed by atoms with Gasteiger partial charge in [-0.2, -0.15) is 0 Å². The molecule has 11 rings (SSSR count). The zero-order chi connectivity index (χ0) is 33.5. The molecule has 5 aliphatic rings. The van der Waals surface area contributed by atoms with Gasteiger partial charge in [0.25, 0.3) is 0 Å². The van der Waals surface area contributed by atoms with Crippen molar-refractivity contribution in [3.63, 3.8) is 0 Å². The van der Waals surface area contributed by atoms with Gasteiger partial charge in [0.2, 0.25) is 0 Å². The molecule has 4 aliphatic carbocycles. The Bertz CT molecular complexity index is 2660. The molecule has 4 aromatic carbocycles. The van der Waals surface area contributed by atoms with Gasteiger partial charge in [0, 0.05) is 51.1 Å².